The van der Waals surface area contributed by atoms with Crippen LogP contribution in [-0.2, 0) is 4.79 Å². The molecule has 0 saturated carbocycles. The first-order valence-corrected chi connectivity index (χ1v) is 4.20. The summed E-state index contributed by atoms with van der Waals surface area (Å²) in [4.78, 5) is 10.8. The molecule has 0 radical (unpaired) electrons. The summed E-state index contributed by atoms with van der Waals surface area (Å²) in [5.74, 6) is 0.124. The Morgan fingerprint density at radius 1 is 1.29 bits per heavy atom. The third-order valence-corrected chi connectivity index (χ3v) is 1.73. The zero-order chi connectivity index (χ0) is 10.6. The van der Waals surface area contributed by atoms with Gasteiger partial charge in [0.1, 0.15) is 11.5 Å². The molecule has 4 nitrogen and oxygen atoms in total. The average molecular weight is 192 g/mol. The number of carbonyl (C=O) groups excluding carboxylic acids is 1. The number of benzene rings is 1. The van der Waals surface area contributed by atoms with E-state index in [0.717, 1.165) is 5.69 Å². The van der Waals surface area contributed by atoms with Crippen LogP contribution < -0.4 is 5.43 Å². The van der Waals surface area contributed by atoms with Crippen molar-refractivity contribution >= 4 is 17.2 Å². The fraction of sp³-hybridized carbons (Fsp3) is 0.200. The number of Topliss-reactive ketones (excluding diaryl/α,β-unsaturated/α-hetero) is 1. The number of phenols is 1. The van der Waals surface area contributed by atoms with E-state index in [1.807, 2.05) is 0 Å². The summed E-state index contributed by atoms with van der Waals surface area (Å²) in [7, 11) is 0. The first-order valence-electron chi connectivity index (χ1n) is 4.20. The van der Waals surface area contributed by atoms with Crippen LogP contribution in [0.4, 0.5) is 5.69 Å². The highest BCUT2D eigenvalue weighted by Gasteiger charge is 1.96. The van der Waals surface area contributed by atoms with E-state index in [1.165, 1.54) is 6.92 Å². The molecule has 1 aromatic rings. The van der Waals surface area contributed by atoms with Crippen LogP contribution in [0.2, 0.25) is 0 Å². The molecule has 0 aliphatic heterocycles. The molecule has 0 heterocycles. The van der Waals surface area contributed by atoms with Crippen molar-refractivity contribution in [1.29, 1.82) is 0 Å². The number of rotatable bonds is 3. The van der Waals surface area contributed by atoms with E-state index in [9.17, 15) is 4.79 Å². The third-order valence-electron chi connectivity index (χ3n) is 1.73. The molecule has 0 saturated heterocycles. The molecule has 2 N–H and O–H groups in total. The lowest BCUT2D eigenvalue weighted by atomic mass is 10.3. The van der Waals surface area contributed by atoms with Crippen molar-refractivity contribution in [2.75, 3.05) is 5.43 Å². The van der Waals surface area contributed by atoms with Gasteiger partial charge in [0.25, 0.3) is 0 Å². The van der Waals surface area contributed by atoms with E-state index in [2.05, 4.69) is 10.5 Å². The van der Waals surface area contributed by atoms with Crippen molar-refractivity contribution < 1.29 is 9.90 Å². The second kappa shape index (κ2) is 4.41. The Balaban J connectivity index is 2.66. The topological polar surface area (TPSA) is 61.7 Å². The van der Waals surface area contributed by atoms with Gasteiger partial charge in [-0.1, -0.05) is 0 Å². The van der Waals surface area contributed by atoms with Crippen LogP contribution in [0.5, 0.6) is 5.75 Å². The Bertz CT molecular complexity index is 355. The lowest BCUT2D eigenvalue weighted by molar-refractivity contribution is -0.111. The minimum atomic E-state index is -0.0729. The molecule has 0 atom stereocenters. The van der Waals surface area contributed by atoms with E-state index < -0.39 is 0 Å². The molecular weight excluding hydrogens is 180 g/mol. The fourth-order valence-corrected chi connectivity index (χ4v) is 0.763. The number of hydrogen-bond acceptors (Lipinski definition) is 4. The van der Waals surface area contributed by atoms with E-state index in [-0.39, 0.29) is 11.5 Å². The van der Waals surface area contributed by atoms with Crippen LogP contribution in [0, 0.1) is 0 Å². The fourth-order valence-electron chi connectivity index (χ4n) is 0.763. The zero-order valence-electron chi connectivity index (χ0n) is 8.11. The number of aromatic hydroxyl groups is 1. The van der Waals surface area contributed by atoms with Gasteiger partial charge in [-0.15, -0.1) is 0 Å². The van der Waals surface area contributed by atoms with Gasteiger partial charge in [-0.25, -0.2) is 0 Å². The van der Waals surface area contributed by atoms with Gasteiger partial charge in [-0.3, -0.25) is 10.2 Å². The van der Waals surface area contributed by atoms with Crippen molar-refractivity contribution in [3.8, 4) is 5.75 Å². The first kappa shape index (κ1) is 10.2. The number of hydrazone groups is 1. The zero-order valence-corrected chi connectivity index (χ0v) is 8.11. The minimum absolute atomic E-state index is 0.0729. The van der Waals surface area contributed by atoms with Gasteiger partial charge >= 0.3 is 0 Å². The monoisotopic (exact) mass is 192 g/mol. The average Bonchev–Trinajstić information content (AvgIpc) is 2.16. The molecule has 0 amide bonds. The highest BCUT2D eigenvalue weighted by atomic mass is 16.3. The SMILES string of the molecule is CC(=O)C(C)=NNc1ccc(O)cc1. The van der Waals surface area contributed by atoms with Crippen molar-refractivity contribution in [3.63, 3.8) is 0 Å². The molecule has 4 heteroatoms. The number of phenolic OH excluding ortho intramolecular Hbond substituents is 1. The van der Waals surface area contributed by atoms with Crippen molar-refractivity contribution in [2.45, 2.75) is 13.8 Å². The molecule has 74 valence electrons. The predicted octanol–water partition coefficient (Wildman–Crippen LogP) is 1.77. The van der Waals surface area contributed by atoms with Crippen molar-refractivity contribution in [2.24, 2.45) is 5.10 Å². The molecule has 0 fully saturated rings. The number of carbonyl (C=O) groups is 1. The Kier molecular flexibility index (Phi) is 3.23. The Morgan fingerprint density at radius 3 is 2.36 bits per heavy atom. The predicted molar refractivity (Wildman–Crippen MR) is 55.5 cm³/mol. The van der Waals surface area contributed by atoms with Crippen LogP contribution in [0.25, 0.3) is 0 Å². The van der Waals surface area contributed by atoms with E-state index in [0.29, 0.717) is 5.71 Å². The van der Waals surface area contributed by atoms with E-state index >= 15 is 0 Å². The van der Waals surface area contributed by atoms with Crippen LogP contribution >= 0.6 is 0 Å². The summed E-state index contributed by atoms with van der Waals surface area (Å²) in [6.07, 6.45) is 0. The minimum Gasteiger partial charge on any atom is -0.508 e. The molecule has 0 aliphatic rings. The Labute approximate surface area is 82.3 Å². The molecule has 0 aromatic heterocycles. The van der Waals surface area contributed by atoms with Gasteiger partial charge in [0.15, 0.2) is 5.78 Å². The summed E-state index contributed by atoms with van der Waals surface area (Å²) < 4.78 is 0. The lowest BCUT2D eigenvalue weighted by Crippen LogP contribution is -2.06. The van der Waals surface area contributed by atoms with Gasteiger partial charge in [0.2, 0.25) is 0 Å². The summed E-state index contributed by atoms with van der Waals surface area (Å²) in [6.45, 7) is 3.09. The summed E-state index contributed by atoms with van der Waals surface area (Å²) in [6, 6.07) is 6.43. The van der Waals surface area contributed by atoms with E-state index in [1.54, 1.807) is 31.2 Å². The second-order valence-corrected chi connectivity index (χ2v) is 2.91. The number of hydrogen-bond donors (Lipinski definition) is 2. The third kappa shape index (κ3) is 2.90. The maximum atomic E-state index is 10.8. The highest BCUT2D eigenvalue weighted by molar-refractivity contribution is 6.38. The van der Waals surface area contributed by atoms with Gasteiger partial charge in [-0.2, -0.15) is 5.10 Å². The van der Waals surface area contributed by atoms with Gasteiger partial charge in [0, 0.05) is 6.92 Å². The normalized spacial score (nSPS) is 11.1. The molecule has 0 bridgehead atoms. The van der Waals surface area contributed by atoms with Gasteiger partial charge in [0.05, 0.1) is 5.69 Å². The number of ketones is 1. The van der Waals surface area contributed by atoms with Crippen LogP contribution in [0.1, 0.15) is 13.8 Å². The molecule has 0 spiro atoms. The summed E-state index contributed by atoms with van der Waals surface area (Å²) in [5.41, 5.74) is 3.85. The van der Waals surface area contributed by atoms with Crippen LogP contribution in [0.3, 0.4) is 0 Å². The summed E-state index contributed by atoms with van der Waals surface area (Å²) >= 11 is 0. The van der Waals surface area contributed by atoms with Gasteiger partial charge < -0.3 is 5.11 Å². The number of nitrogens with one attached hydrogen (secondary N) is 1. The molecule has 0 aliphatic carbocycles. The number of anilines is 1. The van der Waals surface area contributed by atoms with Crippen LogP contribution in [-0.4, -0.2) is 16.6 Å². The standard InChI is InChI=1S/C10H12N2O2/c1-7(8(2)13)11-12-9-3-5-10(14)6-4-9/h3-6,12,14H,1-2H3. The van der Waals surface area contributed by atoms with Crippen LogP contribution in [0.15, 0.2) is 29.4 Å². The quantitative estimate of drug-likeness (QED) is 0.436. The number of nitrogens with zero attached hydrogens (tertiary/aromatic N) is 1. The lowest BCUT2D eigenvalue weighted by Gasteiger charge is -2.00. The molecule has 0 unspecified atom stereocenters. The Morgan fingerprint density at radius 2 is 1.86 bits per heavy atom. The van der Waals surface area contributed by atoms with Crippen molar-refractivity contribution in [1.82, 2.24) is 0 Å². The second-order valence-electron chi connectivity index (χ2n) is 2.91. The molecular formula is C10H12N2O2. The molecule has 1 rings (SSSR count). The first-order chi connectivity index (χ1) is 6.59. The maximum absolute atomic E-state index is 10.8. The molecule has 1 aromatic carbocycles. The van der Waals surface area contributed by atoms with Crippen molar-refractivity contribution in [3.05, 3.63) is 24.3 Å². The maximum Gasteiger partial charge on any atom is 0.175 e. The smallest absolute Gasteiger partial charge is 0.175 e. The molecule has 14 heavy (non-hydrogen) atoms. The van der Waals surface area contributed by atoms with E-state index in [4.69, 9.17) is 5.11 Å². The van der Waals surface area contributed by atoms with Gasteiger partial charge in [-0.05, 0) is 31.2 Å². The Hall–Kier alpha value is -1.84. The summed E-state index contributed by atoms with van der Waals surface area (Å²) in [5, 5.41) is 12.9. The largest absolute Gasteiger partial charge is 0.508 e. The highest BCUT2D eigenvalue weighted by Crippen LogP contribution is 2.13.